The number of carbonyl (C=O) groups excluding carboxylic acids is 1. The van der Waals surface area contributed by atoms with E-state index in [4.69, 9.17) is 0 Å². The van der Waals surface area contributed by atoms with Crippen molar-refractivity contribution in [3.05, 3.63) is 38.4 Å². The Labute approximate surface area is 153 Å². The smallest absolute Gasteiger partial charge is 0.252 e. The molecule has 0 atom stereocenters. The third-order valence-electron chi connectivity index (χ3n) is 4.39. The van der Waals surface area contributed by atoms with Gasteiger partial charge in [0, 0.05) is 26.1 Å². The van der Waals surface area contributed by atoms with Crippen LogP contribution in [0.25, 0.3) is 10.9 Å². The van der Waals surface area contributed by atoms with Crippen molar-refractivity contribution in [2.45, 2.75) is 51.5 Å². The number of carbonyl (C=O) groups is 1. The van der Waals surface area contributed by atoms with Crippen LogP contribution in [0.1, 0.15) is 54.6 Å². The molecule has 0 saturated heterocycles. The highest BCUT2D eigenvalue weighted by Crippen LogP contribution is 2.30. The Kier molecular flexibility index (Phi) is 5.37. The number of amides is 1. The molecule has 122 valence electrons. The molecule has 1 saturated carbocycles. The molecule has 1 N–H and O–H groups in total. The molecule has 0 aliphatic heterocycles. The molecule has 1 aromatic heterocycles. The van der Waals surface area contributed by atoms with Gasteiger partial charge in [-0.25, -0.2) is 0 Å². The zero-order chi connectivity index (χ0) is 16.4. The highest BCUT2D eigenvalue weighted by atomic mass is 79.9. The van der Waals surface area contributed by atoms with Crippen LogP contribution in [0.3, 0.4) is 0 Å². The van der Waals surface area contributed by atoms with Crippen molar-refractivity contribution in [3.8, 4) is 0 Å². The molecule has 1 heterocycles. The van der Waals surface area contributed by atoms with Crippen LogP contribution in [0, 0.1) is 6.92 Å². The average molecular weight is 440 g/mol. The van der Waals surface area contributed by atoms with E-state index in [-0.39, 0.29) is 5.91 Å². The summed E-state index contributed by atoms with van der Waals surface area (Å²) in [6.45, 7) is 1.93. The molecule has 3 nitrogen and oxygen atoms in total. The molecular formula is C18H20Br2N2O. The standard InChI is InChI=1S/C18H20Br2N2O/c1-11-8-15(14-9-12(19)10-16(20)17(14)21-11)18(23)22-13-6-4-2-3-5-7-13/h8-10,13H,2-7H2,1H3,(H,22,23). The molecule has 2 aromatic rings. The van der Waals surface area contributed by atoms with Crippen LogP contribution >= 0.6 is 31.9 Å². The van der Waals surface area contributed by atoms with Crippen LogP contribution in [0.2, 0.25) is 0 Å². The Hall–Kier alpha value is -0.940. The van der Waals surface area contributed by atoms with Gasteiger partial charge in [0.05, 0.1) is 11.1 Å². The summed E-state index contributed by atoms with van der Waals surface area (Å²) in [4.78, 5) is 17.4. The van der Waals surface area contributed by atoms with Gasteiger partial charge in [0.1, 0.15) is 0 Å². The first-order valence-electron chi connectivity index (χ1n) is 8.12. The van der Waals surface area contributed by atoms with Crippen molar-refractivity contribution in [1.82, 2.24) is 10.3 Å². The zero-order valence-corrected chi connectivity index (χ0v) is 16.3. The Morgan fingerprint density at radius 3 is 2.52 bits per heavy atom. The van der Waals surface area contributed by atoms with Gasteiger partial charge in [-0.1, -0.05) is 41.6 Å². The Balaban J connectivity index is 1.96. The Morgan fingerprint density at radius 2 is 1.83 bits per heavy atom. The van der Waals surface area contributed by atoms with E-state index in [1.54, 1.807) is 0 Å². The van der Waals surface area contributed by atoms with Gasteiger partial charge >= 0.3 is 0 Å². The summed E-state index contributed by atoms with van der Waals surface area (Å²) >= 11 is 7.05. The van der Waals surface area contributed by atoms with E-state index in [0.29, 0.717) is 11.6 Å². The normalized spacial score (nSPS) is 16.3. The van der Waals surface area contributed by atoms with E-state index in [2.05, 4.69) is 42.2 Å². The number of hydrogen-bond acceptors (Lipinski definition) is 2. The number of halogens is 2. The first-order valence-corrected chi connectivity index (χ1v) is 9.70. The maximum atomic E-state index is 12.8. The van der Waals surface area contributed by atoms with Gasteiger partial charge in [0.15, 0.2) is 0 Å². The minimum Gasteiger partial charge on any atom is -0.349 e. The van der Waals surface area contributed by atoms with E-state index in [1.807, 2.05) is 25.1 Å². The summed E-state index contributed by atoms with van der Waals surface area (Å²) in [6, 6.07) is 6.10. The highest BCUT2D eigenvalue weighted by molar-refractivity contribution is 9.11. The fourth-order valence-electron chi connectivity index (χ4n) is 3.25. The fourth-order valence-corrected chi connectivity index (χ4v) is 4.57. The third kappa shape index (κ3) is 3.94. The van der Waals surface area contributed by atoms with Crippen LogP contribution < -0.4 is 5.32 Å². The van der Waals surface area contributed by atoms with Crippen LogP contribution in [-0.4, -0.2) is 16.9 Å². The summed E-state index contributed by atoms with van der Waals surface area (Å²) in [5.74, 6) is 0.0115. The van der Waals surface area contributed by atoms with Gasteiger partial charge in [-0.3, -0.25) is 9.78 Å². The van der Waals surface area contributed by atoms with Gasteiger partial charge in [-0.05, 0) is 53.9 Å². The lowest BCUT2D eigenvalue weighted by Gasteiger charge is -2.17. The van der Waals surface area contributed by atoms with E-state index in [1.165, 1.54) is 25.7 Å². The molecule has 0 unspecified atom stereocenters. The van der Waals surface area contributed by atoms with Crippen molar-refractivity contribution < 1.29 is 4.79 Å². The molecule has 3 rings (SSSR count). The van der Waals surface area contributed by atoms with E-state index in [0.717, 1.165) is 38.4 Å². The molecule has 1 aromatic carbocycles. The third-order valence-corrected chi connectivity index (χ3v) is 5.46. The zero-order valence-electron chi connectivity index (χ0n) is 13.2. The molecule has 23 heavy (non-hydrogen) atoms. The summed E-state index contributed by atoms with van der Waals surface area (Å²) < 4.78 is 1.83. The monoisotopic (exact) mass is 438 g/mol. The van der Waals surface area contributed by atoms with Crippen LogP contribution in [0.4, 0.5) is 0 Å². The number of aryl methyl sites for hydroxylation is 1. The summed E-state index contributed by atoms with van der Waals surface area (Å²) in [6.07, 6.45) is 7.14. The second-order valence-electron chi connectivity index (χ2n) is 6.26. The quantitative estimate of drug-likeness (QED) is 0.625. The molecule has 0 bridgehead atoms. The number of nitrogens with zero attached hydrogens (tertiary/aromatic N) is 1. The predicted octanol–water partition coefficient (Wildman–Crippen LogP) is 5.52. The minimum atomic E-state index is 0.0115. The fraction of sp³-hybridized carbons (Fsp3) is 0.444. The first kappa shape index (κ1) is 16.9. The lowest BCUT2D eigenvalue weighted by Crippen LogP contribution is -2.34. The van der Waals surface area contributed by atoms with Crippen LogP contribution in [0.5, 0.6) is 0 Å². The summed E-state index contributed by atoms with van der Waals surface area (Å²) in [7, 11) is 0. The largest absolute Gasteiger partial charge is 0.349 e. The van der Waals surface area contributed by atoms with Gasteiger partial charge < -0.3 is 5.32 Å². The van der Waals surface area contributed by atoms with E-state index < -0.39 is 0 Å². The Bertz CT molecular complexity index is 737. The number of nitrogens with one attached hydrogen (secondary N) is 1. The second kappa shape index (κ2) is 7.31. The lowest BCUT2D eigenvalue weighted by molar-refractivity contribution is 0.0935. The average Bonchev–Trinajstić information content (AvgIpc) is 2.76. The minimum absolute atomic E-state index is 0.0115. The molecule has 0 radical (unpaired) electrons. The van der Waals surface area contributed by atoms with Gasteiger partial charge in [-0.2, -0.15) is 0 Å². The summed E-state index contributed by atoms with van der Waals surface area (Å²) in [5, 5.41) is 4.11. The van der Waals surface area contributed by atoms with Crippen molar-refractivity contribution >= 4 is 48.7 Å². The molecule has 1 amide bonds. The molecule has 1 fully saturated rings. The van der Waals surface area contributed by atoms with Crippen molar-refractivity contribution in [3.63, 3.8) is 0 Å². The number of benzene rings is 1. The number of hydrogen-bond donors (Lipinski definition) is 1. The maximum Gasteiger partial charge on any atom is 0.252 e. The molecule has 1 aliphatic carbocycles. The molecule has 1 aliphatic rings. The number of fused-ring (bicyclic) bond motifs is 1. The molecular weight excluding hydrogens is 420 g/mol. The van der Waals surface area contributed by atoms with Crippen LogP contribution in [-0.2, 0) is 0 Å². The van der Waals surface area contributed by atoms with Crippen LogP contribution in [0.15, 0.2) is 27.1 Å². The highest BCUT2D eigenvalue weighted by Gasteiger charge is 2.19. The maximum absolute atomic E-state index is 12.8. The van der Waals surface area contributed by atoms with Crippen molar-refractivity contribution in [2.75, 3.05) is 0 Å². The van der Waals surface area contributed by atoms with Crippen molar-refractivity contribution in [2.24, 2.45) is 0 Å². The van der Waals surface area contributed by atoms with Gasteiger partial charge in [0.2, 0.25) is 0 Å². The van der Waals surface area contributed by atoms with E-state index in [9.17, 15) is 4.79 Å². The molecule has 0 spiro atoms. The van der Waals surface area contributed by atoms with Gasteiger partial charge in [-0.15, -0.1) is 0 Å². The SMILES string of the molecule is Cc1cc(C(=O)NC2CCCCCC2)c2cc(Br)cc(Br)c2n1. The van der Waals surface area contributed by atoms with E-state index >= 15 is 0 Å². The second-order valence-corrected chi connectivity index (χ2v) is 8.03. The predicted molar refractivity (Wildman–Crippen MR) is 101 cm³/mol. The number of rotatable bonds is 2. The topological polar surface area (TPSA) is 42.0 Å². The lowest BCUT2D eigenvalue weighted by atomic mass is 10.0. The number of aromatic nitrogens is 1. The summed E-state index contributed by atoms with van der Waals surface area (Å²) in [5.41, 5.74) is 2.39. The van der Waals surface area contributed by atoms with Crippen molar-refractivity contribution in [1.29, 1.82) is 0 Å². The Morgan fingerprint density at radius 1 is 1.13 bits per heavy atom. The van der Waals surface area contributed by atoms with Gasteiger partial charge in [0.25, 0.3) is 5.91 Å². The molecule has 5 heteroatoms. The first-order chi connectivity index (χ1) is 11.0. The number of pyridine rings is 1.